The van der Waals surface area contributed by atoms with Gasteiger partial charge in [-0.05, 0) is 18.3 Å². The fourth-order valence-corrected chi connectivity index (χ4v) is 5.30. The van der Waals surface area contributed by atoms with Crippen molar-refractivity contribution in [2.45, 2.75) is 57.6 Å². The average molecular weight is 411 g/mol. The maximum absolute atomic E-state index is 13.1. The van der Waals surface area contributed by atoms with Gasteiger partial charge in [0.05, 0.1) is 13.7 Å². The Bertz CT molecular complexity index is 906. The topological polar surface area (TPSA) is 69.5 Å². The lowest BCUT2D eigenvalue weighted by Gasteiger charge is -2.28. The van der Waals surface area contributed by atoms with E-state index in [1.54, 1.807) is 13.2 Å². The fraction of sp³-hybridized carbons (Fsp3) is 0.609. The number of aryl methyl sites for hydroxylation is 1. The monoisotopic (exact) mass is 410 g/mol. The molecule has 1 aliphatic carbocycles. The van der Waals surface area contributed by atoms with E-state index in [0.717, 1.165) is 37.0 Å². The Morgan fingerprint density at radius 2 is 1.87 bits per heavy atom. The first-order chi connectivity index (χ1) is 14.7. The minimum absolute atomic E-state index is 0.0130. The molecule has 7 heteroatoms. The molecule has 2 aromatic rings. The van der Waals surface area contributed by atoms with Crippen LogP contribution in [0.15, 0.2) is 24.4 Å². The smallest absolute Gasteiger partial charge is 0.274 e. The Morgan fingerprint density at radius 3 is 2.70 bits per heavy atom. The molecule has 160 valence electrons. The second-order valence-electron chi connectivity index (χ2n) is 8.84. The van der Waals surface area contributed by atoms with Gasteiger partial charge >= 0.3 is 0 Å². The van der Waals surface area contributed by atoms with E-state index in [4.69, 9.17) is 14.5 Å². The van der Waals surface area contributed by atoms with E-state index in [1.165, 1.54) is 32.1 Å². The highest BCUT2D eigenvalue weighted by molar-refractivity contribution is 5.92. The third kappa shape index (κ3) is 3.89. The molecule has 0 radical (unpaired) electrons. The average Bonchev–Trinajstić information content (AvgIpc) is 3.53. The van der Waals surface area contributed by atoms with Crippen LogP contribution in [0.25, 0.3) is 0 Å². The van der Waals surface area contributed by atoms with Crippen LogP contribution in [0.5, 0.6) is 11.8 Å². The molecular formula is C23H30N4O3. The molecule has 30 heavy (non-hydrogen) atoms. The molecule has 0 N–H and O–H groups in total. The van der Waals surface area contributed by atoms with Crippen molar-refractivity contribution in [3.8, 4) is 11.8 Å². The van der Waals surface area contributed by atoms with Crippen LogP contribution in [0.3, 0.4) is 0 Å². The van der Waals surface area contributed by atoms with Crippen molar-refractivity contribution in [1.29, 1.82) is 0 Å². The number of ether oxygens (including phenoxy) is 2. The van der Waals surface area contributed by atoms with Gasteiger partial charge in [-0.1, -0.05) is 31.7 Å². The van der Waals surface area contributed by atoms with Gasteiger partial charge in [0, 0.05) is 44.3 Å². The number of carbonyl (C=O) groups excluding carboxylic acids is 1. The summed E-state index contributed by atoms with van der Waals surface area (Å²) in [5, 5.41) is 0. The van der Waals surface area contributed by atoms with Crippen molar-refractivity contribution in [2.24, 2.45) is 11.8 Å². The molecule has 0 spiro atoms. The van der Waals surface area contributed by atoms with Gasteiger partial charge in [-0.2, -0.15) is 4.98 Å². The van der Waals surface area contributed by atoms with Crippen LogP contribution in [0.4, 0.5) is 0 Å². The van der Waals surface area contributed by atoms with Gasteiger partial charge in [0.2, 0.25) is 11.8 Å². The first-order valence-corrected chi connectivity index (χ1v) is 11.2. The Hall–Kier alpha value is -2.57. The van der Waals surface area contributed by atoms with Crippen LogP contribution in [0.1, 0.15) is 54.8 Å². The van der Waals surface area contributed by atoms with E-state index in [0.29, 0.717) is 30.5 Å². The number of carbonyl (C=O) groups is 1. The van der Waals surface area contributed by atoms with Crippen LogP contribution in [-0.2, 0) is 13.0 Å². The summed E-state index contributed by atoms with van der Waals surface area (Å²) in [4.78, 5) is 23.9. The number of amides is 1. The zero-order chi connectivity index (χ0) is 20.5. The summed E-state index contributed by atoms with van der Waals surface area (Å²) in [6.07, 6.45) is 10.4. The van der Waals surface area contributed by atoms with Crippen LogP contribution < -0.4 is 9.47 Å². The fourth-order valence-electron chi connectivity index (χ4n) is 5.30. The number of pyridine rings is 1. The molecule has 2 aromatic heterocycles. The van der Waals surface area contributed by atoms with Gasteiger partial charge in [0.1, 0.15) is 17.6 Å². The highest BCUT2D eigenvalue weighted by Crippen LogP contribution is 2.36. The van der Waals surface area contributed by atoms with Crippen molar-refractivity contribution in [3.63, 3.8) is 0 Å². The van der Waals surface area contributed by atoms with Crippen LogP contribution in [-0.4, -0.2) is 51.6 Å². The van der Waals surface area contributed by atoms with E-state index < -0.39 is 0 Å². The van der Waals surface area contributed by atoms with E-state index in [9.17, 15) is 4.79 Å². The highest BCUT2D eigenvalue weighted by atomic mass is 16.5. The molecule has 7 nitrogen and oxygen atoms in total. The van der Waals surface area contributed by atoms with E-state index in [-0.39, 0.29) is 12.0 Å². The Morgan fingerprint density at radius 1 is 1.03 bits per heavy atom. The first kappa shape index (κ1) is 19.4. The highest BCUT2D eigenvalue weighted by Gasteiger charge is 2.33. The van der Waals surface area contributed by atoms with Crippen molar-refractivity contribution in [1.82, 2.24) is 19.4 Å². The molecule has 1 amide bonds. The molecule has 0 aromatic carbocycles. The molecule has 2 aliphatic heterocycles. The number of aromatic nitrogens is 3. The van der Waals surface area contributed by atoms with Crippen molar-refractivity contribution in [3.05, 3.63) is 35.9 Å². The number of nitrogens with zero attached hydrogens (tertiary/aromatic N) is 4. The predicted octanol–water partition coefficient (Wildman–Crippen LogP) is 3.33. The van der Waals surface area contributed by atoms with Gasteiger partial charge in [0.25, 0.3) is 5.91 Å². The number of hydrogen-bond acceptors (Lipinski definition) is 5. The van der Waals surface area contributed by atoms with Crippen molar-refractivity contribution in [2.75, 3.05) is 20.2 Å². The molecule has 3 aliphatic rings. The molecule has 2 atom stereocenters. The summed E-state index contributed by atoms with van der Waals surface area (Å²) in [5.41, 5.74) is 0.581. The summed E-state index contributed by atoms with van der Waals surface area (Å²) in [6.45, 7) is 2.26. The molecule has 5 rings (SSSR count). The second-order valence-corrected chi connectivity index (χ2v) is 8.84. The normalized spacial score (nSPS) is 24.1. The first-order valence-electron chi connectivity index (χ1n) is 11.2. The molecule has 2 unspecified atom stereocenters. The third-order valence-electron chi connectivity index (χ3n) is 6.94. The Kier molecular flexibility index (Phi) is 5.35. The zero-order valence-electron chi connectivity index (χ0n) is 17.6. The summed E-state index contributed by atoms with van der Waals surface area (Å²) in [6, 6.07) is 5.46. The molecule has 4 heterocycles. The van der Waals surface area contributed by atoms with Gasteiger partial charge < -0.3 is 18.9 Å². The third-order valence-corrected chi connectivity index (χ3v) is 6.94. The number of likely N-dealkylation sites (tertiary alicyclic amines) is 1. The lowest BCUT2D eigenvalue weighted by Crippen LogP contribution is -2.31. The number of fused-ring (bicyclic) bond motifs is 1. The standard InChI is InChI=1S/C23H30N4O3/c1-29-21-7-4-8-22(25-21)30-18-11-12-26(14-18)23(28)19-15-27-13-17(9-10-20(27)24-19)16-5-2-3-6-16/h4,7-8,15-18H,2-3,5-6,9-14H2,1H3. The zero-order valence-corrected chi connectivity index (χ0v) is 17.6. The van der Waals surface area contributed by atoms with Gasteiger partial charge in [-0.3, -0.25) is 4.79 Å². The molecule has 0 bridgehead atoms. The van der Waals surface area contributed by atoms with Crippen LogP contribution >= 0.6 is 0 Å². The maximum atomic E-state index is 13.1. The van der Waals surface area contributed by atoms with Gasteiger partial charge in [-0.15, -0.1) is 0 Å². The van der Waals surface area contributed by atoms with E-state index in [2.05, 4.69) is 9.55 Å². The van der Waals surface area contributed by atoms with E-state index in [1.807, 2.05) is 23.2 Å². The number of imidazole rings is 1. The summed E-state index contributed by atoms with van der Waals surface area (Å²) in [5.74, 6) is 3.75. The molecule has 1 saturated carbocycles. The quantitative estimate of drug-likeness (QED) is 0.756. The predicted molar refractivity (Wildman–Crippen MR) is 112 cm³/mol. The lowest BCUT2D eigenvalue weighted by atomic mass is 9.85. The maximum Gasteiger partial charge on any atom is 0.274 e. The number of hydrogen-bond donors (Lipinski definition) is 0. The van der Waals surface area contributed by atoms with Crippen molar-refractivity contribution >= 4 is 5.91 Å². The second kappa shape index (κ2) is 8.28. The largest absolute Gasteiger partial charge is 0.481 e. The molecular weight excluding hydrogens is 380 g/mol. The van der Waals surface area contributed by atoms with E-state index >= 15 is 0 Å². The van der Waals surface area contributed by atoms with Crippen molar-refractivity contribution < 1.29 is 14.3 Å². The Labute approximate surface area is 177 Å². The van der Waals surface area contributed by atoms with Crippen LogP contribution in [0, 0.1) is 11.8 Å². The minimum Gasteiger partial charge on any atom is -0.481 e. The van der Waals surface area contributed by atoms with Crippen LogP contribution in [0.2, 0.25) is 0 Å². The summed E-state index contributed by atoms with van der Waals surface area (Å²) in [7, 11) is 1.59. The molecule has 2 fully saturated rings. The number of rotatable bonds is 5. The minimum atomic E-state index is -0.0578. The van der Waals surface area contributed by atoms with Gasteiger partial charge in [-0.25, -0.2) is 4.98 Å². The SMILES string of the molecule is COc1cccc(OC2CCN(C(=O)c3cn4c(n3)CCC(C3CCCC3)C4)C2)n1. The molecule has 1 saturated heterocycles. The number of methoxy groups -OCH3 is 1. The summed E-state index contributed by atoms with van der Waals surface area (Å²) < 4.78 is 13.4. The Balaban J connectivity index is 1.21. The lowest BCUT2D eigenvalue weighted by molar-refractivity contribution is 0.0765. The van der Waals surface area contributed by atoms with Gasteiger partial charge in [0.15, 0.2) is 0 Å². The summed E-state index contributed by atoms with van der Waals surface area (Å²) >= 11 is 0.